The Labute approximate surface area is 155 Å². The summed E-state index contributed by atoms with van der Waals surface area (Å²) < 4.78 is 18.0. The van der Waals surface area contributed by atoms with Gasteiger partial charge in [0, 0.05) is 5.92 Å². The number of hydrogen-bond donors (Lipinski definition) is 1. The molecule has 1 aliphatic heterocycles. The van der Waals surface area contributed by atoms with Gasteiger partial charge in [0.2, 0.25) is 0 Å². The van der Waals surface area contributed by atoms with Crippen LogP contribution in [-0.2, 0) is 27.4 Å². The van der Waals surface area contributed by atoms with E-state index in [2.05, 4.69) is 13.8 Å². The first kappa shape index (κ1) is 19.1. The maximum atomic E-state index is 10.5. The van der Waals surface area contributed by atoms with Gasteiger partial charge in [-0.25, -0.2) is 0 Å². The van der Waals surface area contributed by atoms with Gasteiger partial charge in [-0.1, -0.05) is 74.5 Å². The molecule has 1 aliphatic rings. The van der Waals surface area contributed by atoms with Crippen LogP contribution in [0.5, 0.6) is 0 Å². The molecule has 5 atom stereocenters. The zero-order valence-electron chi connectivity index (χ0n) is 15.5. The van der Waals surface area contributed by atoms with E-state index in [-0.39, 0.29) is 18.1 Å². The van der Waals surface area contributed by atoms with Crippen LogP contribution >= 0.6 is 0 Å². The molecule has 0 aromatic heterocycles. The highest BCUT2D eigenvalue weighted by molar-refractivity contribution is 5.14. The highest BCUT2D eigenvalue weighted by Gasteiger charge is 2.44. The topological polar surface area (TPSA) is 47.9 Å². The van der Waals surface area contributed by atoms with E-state index in [0.29, 0.717) is 13.2 Å². The van der Waals surface area contributed by atoms with E-state index < -0.39 is 12.4 Å². The highest BCUT2D eigenvalue weighted by atomic mass is 16.7. The molecule has 0 spiro atoms. The highest BCUT2D eigenvalue weighted by Crippen LogP contribution is 2.32. The molecule has 0 amide bonds. The standard InChI is InChI=1S/C22H28O4/c1-3-19-16(2)20(24-14-17-10-6-4-7-11-17)21(22(23)26-19)25-15-18-12-8-5-9-13-18/h4-13,16,19-23H,3,14-15H2,1-2H3/t16-,19-,20+,21-,22-/m1/s1. The molecule has 4 heteroatoms. The Kier molecular flexibility index (Phi) is 6.80. The summed E-state index contributed by atoms with van der Waals surface area (Å²) >= 11 is 0. The number of hydrogen-bond acceptors (Lipinski definition) is 4. The molecule has 4 nitrogen and oxygen atoms in total. The van der Waals surface area contributed by atoms with Gasteiger partial charge in [0.25, 0.3) is 0 Å². The van der Waals surface area contributed by atoms with Crippen molar-refractivity contribution in [3.63, 3.8) is 0 Å². The molecule has 1 fully saturated rings. The fourth-order valence-corrected chi connectivity index (χ4v) is 3.48. The summed E-state index contributed by atoms with van der Waals surface area (Å²) in [5.74, 6) is 0.132. The van der Waals surface area contributed by atoms with Crippen molar-refractivity contribution in [1.29, 1.82) is 0 Å². The summed E-state index contributed by atoms with van der Waals surface area (Å²) in [5, 5.41) is 10.5. The van der Waals surface area contributed by atoms with Crippen LogP contribution < -0.4 is 0 Å². The van der Waals surface area contributed by atoms with Crippen LogP contribution in [-0.4, -0.2) is 29.7 Å². The molecule has 3 rings (SSSR count). The van der Waals surface area contributed by atoms with E-state index in [1.54, 1.807) is 0 Å². The van der Waals surface area contributed by atoms with Gasteiger partial charge in [0.05, 0.1) is 25.4 Å². The number of aliphatic hydroxyl groups is 1. The molecule has 0 bridgehead atoms. The molecule has 26 heavy (non-hydrogen) atoms. The summed E-state index contributed by atoms with van der Waals surface area (Å²) in [4.78, 5) is 0. The third-order valence-electron chi connectivity index (χ3n) is 5.00. The van der Waals surface area contributed by atoms with Gasteiger partial charge in [-0.3, -0.25) is 0 Å². The minimum atomic E-state index is -0.986. The lowest BCUT2D eigenvalue weighted by Gasteiger charge is -2.43. The first-order valence-electron chi connectivity index (χ1n) is 9.33. The molecule has 1 saturated heterocycles. The minimum absolute atomic E-state index is 0.0395. The van der Waals surface area contributed by atoms with Gasteiger partial charge >= 0.3 is 0 Å². The Morgan fingerprint density at radius 3 is 1.85 bits per heavy atom. The van der Waals surface area contributed by atoms with E-state index >= 15 is 0 Å². The summed E-state index contributed by atoms with van der Waals surface area (Å²) in [6.07, 6.45) is -0.943. The van der Waals surface area contributed by atoms with Gasteiger partial charge in [-0.15, -0.1) is 0 Å². The summed E-state index contributed by atoms with van der Waals surface area (Å²) in [6.45, 7) is 5.08. The van der Waals surface area contributed by atoms with Crippen molar-refractivity contribution in [2.75, 3.05) is 0 Å². The van der Waals surface area contributed by atoms with Crippen LogP contribution in [0.1, 0.15) is 31.4 Å². The summed E-state index contributed by atoms with van der Waals surface area (Å²) in [7, 11) is 0. The monoisotopic (exact) mass is 356 g/mol. The third-order valence-corrected chi connectivity index (χ3v) is 5.00. The maximum Gasteiger partial charge on any atom is 0.184 e. The maximum absolute atomic E-state index is 10.5. The molecular weight excluding hydrogens is 328 g/mol. The van der Waals surface area contributed by atoms with Crippen LogP contribution in [0, 0.1) is 5.92 Å². The molecule has 2 aromatic carbocycles. The fraction of sp³-hybridized carbons (Fsp3) is 0.455. The van der Waals surface area contributed by atoms with Gasteiger partial charge in [0.15, 0.2) is 6.29 Å². The molecule has 0 unspecified atom stereocenters. The van der Waals surface area contributed by atoms with Crippen molar-refractivity contribution < 1.29 is 19.3 Å². The second-order valence-electron chi connectivity index (χ2n) is 6.85. The van der Waals surface area contributed by atoms with Crippen molar-refractivity contribution in [2.24, 2.45) is 5.92 Å². The Hall–Kier alpha value is -1.72. The molecule has 0 radical (unpaired) electrons. The van der Waals surface area contributed by atoms with E-state index in [9.17, 15) is 5.11 Å². The quantitative estimate of drug-likeness (QED) is 0.817. The number of benzene rings is 2. The molecular formula is C22H28O4. The van der Waals surface area contributed by atoms with Crippen molar-refractivity contribution in [1.82, 2.24) is 0 Å². The number of ether oxygens (including phenoxy) is 3. The average molecular weight is 356 g/mol. The fourth-order valence-electron chi connectivity index (χ4n) is 3.48. The Morgan fingerprint density at radius 2 is 1.35 bits per heavy atom. The van der Waals surface area contributed by atoms with Crippen LogP contribution in [0.15, 0.2) is 60.7 Å². The molecule has 2 aromatic rings. The Bertz CT molecular complexity index is 646. The summed E-state index contributed by atoms with van der Waals surface area (Å²) in [6, 6.07) is 20.0. The second kappa shape index (κ2) is 9.28. The number of rotatable bonds is 7. The van der Waals surface area contributed by atoms with Crippen molar-refractivity contribution in [3.8, 4) is 0 Å². The van der Waals surface area contributed by atoms with E-state index in [1.807, 2.05) is 60.7 Å². The minimum Gasteiger partial charge on any atom is -0.370 e. The zero-order valence-corrected chi connectivity index (χ0v) is 15.5. The van der Waals surface area contributed by atoms with Crippen LogP contribution in [0.4, 0.5) is 0 Å². The first-order chi connectivity index (χ1) is 12.7. The van der Waals surface area contributed by atoms with E-state index in [4.69, 9.17) is 14.2 Å². The lowest BCUT2D eigenvalue weighted by Crippen LogP contribution is -2.55. The van der Waals surface area contributed by atoms with Gasteiger partial charge in [0.1, 0.15) is 6.10 Å². The van der Waals surface area contributed by atoms with E-state index in [0.717, 1.165) is 17.5 Å². The molecule has 1 N–H and O–H groups in total. The zero-order chi connectivity index (χ0) is 18.4. The van der Waals surface area contributed by atoms with Crippen LogP contribution in [0.3, 0.4) is 0 Å². The van der Waals surface area contributed by atoms with Crippen molar-refractivity contribution >= 4 is 0 Å². The molecule has 1 heterocycles. The molecule has 0 saturated carbocycles. The van der Waals surface area contributed by atoms with Crippen molar-refractivity contribution in [2.45, 2.75) is 58.1 Å². The second-order valence-corrected chi connectivity index (χ2v) is 6.85. The lowest BCUT2D eigenvalue weighted by atomic mass is 9.89. The van der Waals surface area contributed by atoms with Gasteiger partial charge < -0.3 is 19.3 Å². The lowest BCUT2D eigenvalue weighted by molar-refractivity contribution is -0.289. The normalized spacial score (nSPS) is 28.8. The largest absolute Gasteiger partial charge is 0.370 e. The van der Waals surface area contributed by atoms with Gasteiger partial charge in [-0.05, 0) is 17.5 Å². The summed E-state index contributed by atoms with van der Waals surface area (Å²) in [5.41, 5.74) is 2.17. The predicted octanol–water partition coefficient (Wildman–Crippen LogP) is 3.92. The third kappa shape index (κ3) is 4.71. The predicted molar refractivity (Wildman–Crippen MR) is 100 cm³/mol. The van der Waals surface area contributed by atoms with Crippen LogP contribution in [0.25, 0.3) is 0 Å². The van der Waals surface area contributed by atoms with E-state index in [1.165, 1.54) is 0 Å². The number of aliphatic hydroxyl groups excluding tert-OH is 1. The Balaban J connectivity index is 1.69. The SMILES string of the molecule is CC[C@H]1O[C@@H](O)[C@H](OCc2ccccc2)[C@@H](OCc2ccccc2)[C@@H]1C. The molecule has 140 valence electrons. The Morgan fingerprint density at radius 1 is 0.846 bits per heavy atom. The van der Waals surface area contributed by atoms with Gasteiger partial charge in [-0.2, -0.15) is 0 Å². The first-order valence-corrected chi connectivity index (χ1v) is 9.33. The molecule has 0 aliphatic carbocycles. The smallest absolute Gasteiger partial charge is 0.184 e. The average Bonchev–Trinajstić information content (AvgIpc) is 2.69. The van der Waals surface area contributed by atoms with Crippen molar-refractivity contribution in [3.05, 3.63) is 71.8 Å². The van der Waals surface area contributed by atoms with Crippen LogP contribution in [0.2, 0.25) is 0 Å².